The molecule has 1 unspecified atom stereocenters. The zero-order valence-electron chi connectivity index (χ0n) is 18.5. The van der Waals surface area contributed by atoms with Crippen LogP contribution in [-0.2, 0) is 26.9 Å². The van der Waals surface area contributed by atoms with Crippen LogP contribution in [-0.4, -0.2) is 104 Å². The summed E-state index contributed by atoms with van der Waals surface area (Å²) in [6, 6.07) is 1.66. The number of hydrogen-bond donors (Lipinski definition) is 3. The number of aliphatic hydroxyl groups excluding tert-OH is 1. The summed E-state index contributed by atoms with van der Waals surface area (Å²) in [5.41, 5.74) is 0. The third-order valence-electron chi connectivity index (χ3n) is 4.72. The van der Waals surface area contributed by atoms with E-state index in [1.54, 1.807) is 35.5 Å². The molecule has 0 aromatic rings. The normalized spacial score (nSPS) is 13.8. The van der Waals surface area contributed by atoms with Crippen LogP contribution in [0, 0.1) is 0 Å². The summed E-state index contributed by atoms with van der Waals surface area (Å²) >= 11 is 0. The van der Waals surface area contributed by atoms with Crippen molar-refractivity contribution < 1.29 is 32.0 Å². The van der Waals surface area contributed by atoms with Gasteiger partial charge in [-0.2, -0.15) is 0 Å². The van der Waals surface area contributed by atoms with E-state index >= 15 is 0 Å². The third-order valence-corrected chi connectivity index (χ3v) is 10.5. The number of nitrogens with one attached hydrogen (secondary N) is 2. The molecule has 0 aromatic carbocycles. The van der Waals surface area contributed by atoms with Gasteiger partial charge >= 0.3 is 17.4 Å². The molecule has 170 valence electrons. The molecule has 0 aliphatic heterocycles. The van der Waals surface area contributed by atoms with Crippen molar-refractivity contribution in [2.24, 2.45) is 0 Å². The van der Waals surface area contributed by atoms with Crippen LogP contribution in [0.1, 0.15) is 12.8 Å². The molecule has 0 rings (SSSR count). The second-order valence-corrected chi connectivity index (χ2v) is 13.4. The van der Waals surface area contributed by atoms with Crippen LogP contribution in [0.2, 0.25) is 18.6 Å². The summed E-state index contributed by atoms with van der Waals surface area (Å²) in [4.78, 5) is 0. The van der Waals surface area contributed by atoms with E-state index in [9.17, 15) is 5.11 Å². The second kappa shape index (κ2) is 16.8. The second-order valence-electron chi connectivity index (χ2n) is 6.73. The van der Waals surface area contributed by atoms with E-state index in [1.807, 2.05) is 6.55 Å². The van der Waals surface area contributed by atoms with Crippen LogP contribution >= 0.6 is 0 Å². The van der Waals surface area contributed by atoms with E-state index < -0.39 is 23.5 Å². The Morgan fingerprint density at radius 1 is 0.786 bits per heavy atom. The van der Waals surface area contributed by atoms with Crippen molar-refractivity contribution in [1.82, 2.24) is 10.6 Å². The monoisotopic (exact) mass is 442 g/mol. The van der Waals surface area contributed by atoms with Crippen LogP contribution in [0.25, 0.3) is 0 Å². The van der Waals surface area contributed by atoms with E-state index in [1.165, 1.54) is 0 Å². The molecular formula is C17H42N2O7Si2. The standard InChI is InChI=1S/C17H42N2O7Si2/c1-21-27(6,22-2)13-8-12-26-16-17(20)15-19-11-10-18-9-7-14-28(23-3,24-4)25-5/h17-20H,7-16H2,1-6H3. The molecule has 0 radical (unpaired) electrons. The van der Waals surface area contributed by atoms with Gasteiger partial charge in [-0.05, 0) is 32.0 Å². The number of rotatable bonds is 20. The summed E-state index contributed by atoms with van der Waals surface area (Å²) in [6.45, 7) is 5.95. The Hall–Kier alpha value is 0.0738. The summed E-state index contributed by atoms with van der Waals surface area (Å²) < 4.78 is 32.5. The fourth-order valence-electron chi connectivity index (χ4n) is 2.62. The van der Waals surface area contributed by atoms with Gasteiger partial charge in [-0.1, -0.05) is 0 Å². The number of aliphatic hydroxyl groups is 1. The molecule has 0 saturated heterocycles. The number of ether oxygens (including phenoxy) is 1. The third kappa shape index (κ3) is 12.6. The molecule has 0 aromatic heterocycles. The predicted octanol–water partition coefficient (Wildman–Crippen LogP) is 0.566. The van der Waals surface area contributed by atoms with Gasteiger partial charge in [0.1, 0.15) is 0 Å². The van der Waals surface area contributed by atoms with Crippen LogP contribution in [0.5, 0.6) is 0 Å². The fourth-order valence-corrected chi connectivity index (χ4v) is 5.70. The molecule has 0 fully saturated rings. The van der Waals surface area contributed by atoms with Gasteiger partial charge in [-0.15, -0.1) is 0 Å². The highest BCUT2D eigenvalue weighted by Crippen LogP contribution is 2.14. The van der Waals surface area contributed by atoms with Gasteiger partial charge in [0.25, 0.3) is 0 Å². The first kappa shape index (κ1) is 28.1. The Bertz CT molecular complexity index is 354. The SMILES string of the molecule is CO[Si](C)(CCCOCC(O)CNCCNCCC[Si](OC)(OC)OC)OC. The Morgan fingerprint density at radius 3 is 1.96 bits per heavy atom. The topological polar surface area (TPSA) is 99.7 Å². The highest BCUT2D eigenvalue weighted by atomic mass is 28.4. The lowest BCUT2D eigenvalue weighted by Crippen LogP contribution is -2.43. The molecule has 3 N–H and O–H groups in total. The predicted molar refractivity (Wildman–Crippen MR) is 114 cm³/mol. The van der Waals surface area contributed by atoms with Gasteiger partial charge in [-0.3, -0.25) is 0 Å². The summed E-state index contributed by atoms with van der Waals surface area (Å²) in [6.07, 6.45) is 1.28. The molecule has 9 nitrogen and oxygen atoms in total. The van der Waals surface area contributed by atoms with Crippen molar-refractivity contribution in [3.05, 3.63) is 0 Å². The van der Waals surface area contributed by atoms with Crippen LogP contribution < -0.4 is 10.6 Å². The first-order valence-corrected chi connectivity index (χ1v) is 14.3. The van der Waals surface area contributed by atoms with Gasteiger partial charge in [0, 0.05) is 67.8 Å². The van der Waals surface area contributed by atoms with E-state index in [4.69, 9.17) is 26.9 Å². The molecule has 0 saturated carbocycles. The van der Waals surface area contributed by atoms with Gasteiger partial charge < -0.3 is 42.6 Å². The van der Waals surface area contributed by atoms with Crippen LogP contribution in [0.15, 0.2) is 0 Å². The minimum atomic E-state index is -2.46. The van der Waals surface area contributed by atoms with E-state index in [2.05, 4.69) is 10.6 Å². The Labute approximate surface area is 173 Å². The fraction of sp³-hybridized carbons (Fsp3) is 1.00. The first-order chi connectivity index (χ1) is 13.4. The van der Waals surface area contributed by atoms with Gasteiger partial charge in [0.2, 0.25) is 0 Å². The van der Waals surface area contributed by atoms with Crippen molar-refractivity contribution in [3.63, 3.8) is 0 Å². The molecule has 0 aliphatic rings. The minimum absolute atomic E-state index is 0.330. The molecule has 0 heterocycles. The molecule has 0 bridgehead atoms. The van der Waals surface area contributed by atoms with Gasteiger partial charge in [0.05, 0.1) is 12.7 Å². The average molecular weight is 443 g/mol. The van der Waals surface area contributed by atoms with Crippen LogP contribution in [0.4, 0.5) is 0 Å². The average Bonchev–Trinajstić information content (AvgIpc) is 2.72. The highest BCUT2D eigenvalue weighted by molar-refractivity contribution is 6.65. The Morgan fingerprint density at radius 2 is 1.39 bits per heavy atom. The minimum Gasteiger partial charge on any atom is -0.398 e. The van der Waals surface area contributed by atoms with Crippen molar-refractivity contribution in [2.75, 3.05) is 74.9 Å². The van der Waals surface area contributed by atoms with Crippen LogP contribution in [0.3, 0.4) is 0 Å². The first-order valence-electron chi connectivity index (χ1n) is 9.84. The molecule has 28 heavy (non-hydrogen) atoms. The summed E-state index contributed by atoms with van der Waals surface area (Å²) in [7, 11) is 3.80. The van der Waals surface area contributed by atoms with E-state index in [0.717, 1.165) is 44.6 Å². The summed E-state index contributed by atoms with van der Waals surface area (Å²) in [5, 5.41) is 16.5. The van der Waals surface area contributed by atoms with Gasteiger partial charge in [0.15, 0.2) is 0 Å². The highest BCUT2D eigenvalue weighted by Gasteiger charge is 2.36. The lowest BCUT2D eigenvalue weighted by Gasteiger charge is -2.24. The molecular weight excluding hydrogens is 400 g/mol. The van der Waals surface area contributed by atoms with Crippen molar-refractivity contribution in [1.29, 1.82) is 0 Å². The maximum atomic E-state index is 9.93. The van der Waals surface area contributed by atoms with E-state index in [0.29, 0.717) is 19.8 Å². The number of hydrogen-bond acceptors (Lipinski definition) is 9. The van der Waals surface area contributed by atoms with Crippen molar-refractivity contribution >= 4 is 17.4 Å². The largest absolute Gasteiger partial charge is 0.500 e. The van der Waals surface area contributed by atoms with Crippen molar-refractivity contribution in [2.45, 2.75) is 37.6 Å². The van der Waals surface area contributed by atoms with Gasteiger partial charge in [-0.25, -0.2) is 0 Å². The Balaban J connectivity index is 3.54. The Kier molecular flexibility index (Phi) is 16.9. The van der Waals surface area contributed by atoms with Crippen molar-refractivity contribution in [3.8, 4) is 0 Å². The smallest absolute Gasteiger partial charge is 0.398 e. The molecule has 0 spiro atoms. The zero-order valence-corrected chi connectivity index (χ0v) is 20.5. The zero-order chi connectivity index (χ0) is 21.3. The molecule has 0 aliphatic carbocycles. The molecule has 11 heteroatoms. The molecule has 0 amide bonds. The summed E-state index contributed by atoms with van der Waals surface area (Å²) in [5.74, 6) is 0. The maximum absolute atomic E-state index is 9.93. The lowest BCUT2D eigenvalue weighted by molar-refractivity contribution is 0.0368. The quantitative estimate of drug-likeness (QED) is 0.184. The molecule has 1 atom stereocenters. The lowest BCUT2D eigenvalue weighted by atomic mass is 10.3. The van der Waals surface area contributed by atoms with E-state index in [-0.39, 0.29) is 0 Å². The maximum Gasteiger partial charge on any atom is 0.500 e.